The van der Waals surface area contributed by atoms with Crippen LogP contribution in [-0.4, -0.2) is 31.9 Å². The van der Waals surface area contributed by atoms with Crippen LogP contribution in [0.4, 0.5) is 0 Å². The predicted octanol–water partition coefficient (Wildman–Crippen LogP) is 10.9. The first-order valence-corrected chi connectivity index (χ1v) is 18.9. The van der Waals surface area contributed by atoms with Crippen molar-refractivity contribution < 1.29 is 19.1 Å². The molecule has 0 aliphatic heterocycles. The Bertz CT molecular complexity index is 1840. The van der Waals surface area contributed by atoms with E-state index in [4.69, 9.17) is 9.47 Å². The monoisotopic (exact) mass is 724 g/mol. The lowest BCUT2D eigenvalue weighted by Crippen LogP contribution is -2.22. The Morgan fingerprint density at radius 3 is 1.44 bits per heavy atom. The Morgan fingerprint density at radius 1 is 0.593 bits per heavy atom. The first-order valence-electron chi connectivity index (χ1n) is 18.9. The second kappa shape index (κ2) is 19.5. The molecule has 54 heavy (non-hydrogen) atoms. The maximum atomic E-state index is 12.4. The van der Waals surface area contributed by atoms with Crippen LogP contribution in [0.1, 0.15) is 90.2 Å². The molecule has 2 aliphatic rings. The van der Waals surface area contributed by atoms with E-state index in [9.17, 15) is 9.59 Å². The minimum atomic E-state index is -0.195. The number of allylic oxidation sites excluding steroid dienone is 8. The minimum Gasteiger partial charge on any atom is -0.426 e. The van der Waals surface area contributed by atoms with Crippen molar-refractivity contribution in [1.82, 2.24) is 19.9 Å². The zero-order chi connectivity index (χ0) is 38.5. The van der Waals surface area contributed by atoms with Gasteiger partial charge in [-0.15, -0.1) is 0 Å². The minimum absolute atomic E-state index is 0.0550. The molecule has 2 heterocycles. The molecule has 0 bridgehead atoms. The van der Waals surface area contributed by atoms with Crippen molar-refractivity contribution in [2.75, 3.05) is 0 Å². The number of carbonyl (C=O) groups is 2. The summed E-state index contributed by atoms with van der Waals surface area (Å²) in [6, 6.07) is 15.4. The lowest BCUT2D eigenvalue weighted by atomic mass is 9.88. The molecule has 0 spiro atoms. The molecule has 2 aromatic heterocycles. The van der Waals surface area contributed by atoms with Gasteiger partial charge in [0.05, 0.1) is 24.2 Å². The molecule has 0 radical (unpaired) electrons. The number of hydrogen-bond acceptors (Lipinski definition) is 8. The quantitative estimate of drug-likeness (QED) is 0.0904. The molecule has 0 N–H and O–H groups in total. The van der Waals surface area contributed by atoms with Gasteiger partial charge in [-0.2, -0.15) is 0 Å². The Morgan fingerprint density at radius 2 is 1.02 bits per heavy atom. The van der Waals surface area contributed by atoms with Gasteiger partial charge in [0.1, 0.15) is 5.75 Å². The summed E-state index contributed by atoms with van der Waals surface area (Å²) in [6.07, 6.45) is 22.7. The van der Waals surface area contributed by atoms with Crippen molar-refractivity contribution in [2.24, 2.45) is 11.8 Å². The summed E-state index contributed by atoms with van der Waals surface area (Å²) in [5.74, 6) is 1.77. The molecule has 0 amide bonds. The molecule has 8 nitrogen and oxygen atoms in total. The fourth-order valence-corrected chi connectivity index (χ4v) is 6.08. The molecule has 8 heteroatoms. The summed E-state index contributed by atoms with van der Waals surface area (Å²) in [7, 11) is 0. The molecule has 4 aromatic rings. The van der Waals surface area contributed by atoms with E-state index >= 15 is 0 Å². The fraction of sp³-hybridized carbons (Fsp3) is 0.348. The molecule has 0 saturated heterocycles. The molecule has 6 rings (SSSR count). The highest BCUT2D eigenvalue weighted by molar-refractivity contribution is 5.76. The highest BCUT2D eigenvalue weighted by Gasteiger charge is 2.24. The zero-order valence-electron chi connectivity index (χ0n) is 32.5. The number of nitrogens with zero attached hydrogens (tertiary/aromatic N) is 4. The molecule has 2 atom stereocenters. The summed E-state index contributed by atoms with van der Waals surface area (Å²) in [5, 5.41) is 0. The molecule has 0 fully saturated rings. The van der Waals surface area contributed by atoms with Crippen LogP contribution in [-0.2, 0) is 9.59 Å². The number of esters is 2. The Hall–Kier alpha value is -5.50. The van der Waals surface area contributed by atoms with Crippen LogP contribution >= 0.6 is 0 Å². The van der Waals surface area contributed by atoms with Gasteiger partial charge >= 0.3 is 11.9 Å². The van der Waals surface area contributed by atoms with Gasteiger partial charge in [0.25, 0.3) is 0 Å². The molecular weight excluding hydrogens is 673 g/mol. The van der Waals surface area contributed by atoms with Gasteiger partial charge in [0, 0.05) is 23.5 Å². The number of aryl methyl sites for hydroxylation is 2. The normalized spacial score (nSPS) is 16.4. The van der Waals surface area contributed by atoms with Crippen molar-refractivity contribution in [3.05, 3.63) is 131 Å². The van der Waals surface area contributed by atoms with E-state index in [1.807, 2.05) is 50.2 Å². The van der Waals surface area contributed by atoms with Gasteiger partial charge in [-0.25, -0.2) is 19.9 Å². The van der Waals surface area contributed by atoms with E-state index in [2.05, 4.69) is 71.9 Å². The number of carbonyl (C=O) groups excluding carboxylic acids is 2. The zero-order valence-corrected chi connectivity index (χ0v) is 32.5. The average Bonchev–Trinajstić information content (AvgIpc) is 3.18. The maximum absolute atomic E-state index is 12.4. The molecule has 0 saturated carbocycles. The number of hydrogen-bond donors (Lipinski definition) is 0. The summed E-state index contributed by atoms with van der Waals surface area (Å²) in [4.78, 5) is 42.1. The molecular formula is C46H52N4O4. The van der Waals surface area contributed by atoms with E-state index in [1.165, 1.54) is 27.9 Å². The van der Waals surface area contributed by atoms with E-state index in [0.29, 0.717) is 23.1 Å². The third kappa shape index (κ3) is 12.3. The lowest BCUT2D eigenvalue weighted by molar-refractivity contribution is -0.140. The number of rotatable bonds is 10. The van der Waals surface area contributed by atoms with Crippen molar-refractivity contribution >= 4 is 11.9 Å². The second-order valence-corrected chi connectivity index (χ2v) is 14.7. The first kappa shape index (κ1) is 39.7. The van der Waals surface area contributed by atoms with Gasteiger partial charge in [-0.3, -0.25) is 9.59 Å². The molecule has 280 valence electrons. The fourth-order valence-electron chi connectivity index (χ4n) is 6.08. The highest BCUT2D eigenvalue weighted by atomic mass is 16.5. The van der Waals surface area contributed by atoms with E-state index in [-0.39, 0.29) is 23.8 Å². The third-order valence-corrected chi connectivity index (χ3v) is 9.49. The molecule has 2 aliphatic carbocycles. The van der Waals surface area contributed by atoms with Crippen LogP contribution in [0.3, 0.4) is 0 Å². The summed E-state index contributed by atoms with van der Waals surface area (Å²) >= 11 is 0. The Balaban J connectivity index is 0.000000208. The Labute approximate surface area is 320 Å². The summed E-state index contributed by atoms with van der Waals surface area (Å²) in [6.45, 7) is 12.4. The smallest absolute Gasteiger partial charge is 0.314 e. The Kier molecular flexibility index (Phi) is 14.4. The van der Waals surface area contributed by atoms with Gasteiger partial charge in [-0.1, -0.05) is 76.4 Å². The third-order valence-electron chi connectivity index (χ3n) is 9.49. The maximum Gasteiger partial charge on any atom is 0.314 e. The van der Waals surface area contributed by atoms with E-state index in [0.717, 1.165) is 68.1 Å². The average molecular weight is 725 g/mol. The largest absolute Gasteiger partial charge is 0.426 e. The van der Waals surface area contributed by atoms with Crippen LogP contribution in [0.5, 0.6) is 11.5 Å². The number of benzene rings is 2. The molecule has 2 unspecified atom stereocenters. The van der Waals surface area contributed by atoms with Crippen LogP contribution in [0.15, 0.2) is 120 Å². The van der Waals surface area contributed by atoms with Crippen molar-refractivity contribution in [3.63, 3.8) is 0 Å². The van der Waals surface area contributed by atoms with Crippen LogP contribution in [0.25, 0.3) is 22.8 Å². The van der Waals surface area contributed by atoms with E-state index in [1.54, 1.807) is 36.9 Å². The van der Waals surface area contributed by atoms with Crippen LogP contribution in [0.2, 0.25) is 0 Å². The number of aromatic nitrogens is 4. The van der Waals surface area contributed by atoms with Crippen molar-refractivity contribution in [3.8, 4) is 34.3 Å². The SMILES string of the molecule is CC(C)=CCC1=CCC(C(=O)Oc2ccc(-c3ncc(C)cn3)cc2)CC1.CC(C)=CCC1=CCC(C(=O)Oc2cnc(-c3ccc(C)cc3)nc2)CC1. The topological polar surface area (TPSA) is 104 Å². The summed E-state index contributed by atoms with van der Waals surface area (Å²) in [5.41, 5.74) is 9.54. The van der Waals surface area contributed by atoms with Crippen LogP contribution in [0, 0.1) is 25.7 Å². The standard InChI is InChI=1S/2C23H26N2O2/c1-16(2)4-7-18-8-12-20(13-9-18)23(26)27-21-14-24-22(25-15-21)19-10-5-17(3)6-11-19;1-16(2)4-5-18-6-8-20(9-7-18)23(26)27-21-12-10-19(11-13-21)22-24-14-17(3)15-25-22/h4-6,8,10-11,14-15,20H,7,9,12-13H2,1-3H3;4,6,10-15,20H,5,7-9H2,1-3H3. The van der Waals surface area contributed by atoms with Gasteiger partial charge in [-0.05, 0) is 123 Å². The second-order valence-electron chi connectivity index (χ2n) is 14.7. The van der Waals surface area contributed by atoms with Gasteiger partial charge in [0.15, 0.2) is 17.4 Å². The highest BCUT2D eigenvalue weighted by Crippen LogP contribution is 2.29. The predicted molar refractivity (Wildman–Crippen MR) is 215 cm³/mol. The summed E-state index contributed by atoms with van der Waals surface area (Å²) < 4.78 is 11.1. The van der Waals surface area contributed by atoms with Gasteiger partial charge in [0.2, 0.25) is 0 Å². The van der Waals surface area contributed by atoms with Crippen molar-refractivity contribution in [2.45, 2.75) is 92.9 Å². The van der Waals surface area contributed by atoms with Gasteiger partial charge < -0.3 is 9.47 Å². The van der Waals surface area contributed by atoms with E-state index < -0.39 is 0 Å². The molecule has 2 aromatic carbocycles. The van der Waals surface area contributed by atoms with Crippen LogP contribution < -0.4 is 9.47 Å². The van der Waals surface area contributed by atoms with Crippen molar-refractivity contribution in [1.29, 1.82) is 0 Å². The lowest BCUT2D eigenvalue weighted by Gasteiger charge is -2.20. The first-order chi connectivity index (χ1) is 26.0. The number of ether oxygens (including phenoxy) is 2.